The van der Waals surface area contributed by atoms with Gasteiger partial charge in [-0.2, -0.15) is 0 Å². The van der Waals surface area contributed by atoms with Gasteiger partial charge in [0.1, 0.15) is 12.2 Å². The van der Waals surface area contributed by atoms with Gasteiger partial charge in [-0.05, 0) is 6.42 Å². The van der Waals surface area contributed by atoms with E-state index < -0.39 is 24.2 Å². The fourth-order valence-corrected chi connectivity index (χ4v) is 2.43. The summed E-state index contributed by atoms with van der Waals surface area (Å²) in [5.41, 5.74) is 0. The lowest BCUT2D eigenvalue weighted by Crippen LogP contribution is -2.58. The van der Waals surface area contributed by atoms with Crippen molar-refractivity contribution in [2.45, 2.75) is 70.2 Å². The molecule has 112 valence electrons. The summed E-state index contributed by atoms with van der Waals surface area (Å²) in [6.07, 6.45) is 4.24. The molecule has 1 fully saturated rings. The number of hydrogen-bond acceptors (Lipinski definition) is 4. The molecule has 0 aromatic rings. The van der Waals surface area contributed by atoms with Crippen LogP contribution in [-0.4, -0.2) is 57.5 Å². The first-order valence-corrected chi connectivity index (χ1v) is 7.41. The predicted octanol–water partition coefficient (Wildman–Crippen LogP) is 0.662. The summed E-state index contributed by atoms with van der Waals surface area (Å²) in [5.74, 6) is -0.469. The van der Waals surface area contributed by atoms with Gasteiger partial charge in [-0.1, -0.05) is 45.4 Å². The fraction of sp³-hybridized carbons (Fsp3) is 0.929. The van der Waals surface area contributed by atoms with Crippen LogP contribution < -0.4 is 0 Å². The zero-order valence-corrected chi connectivity index (χ0v) is 11.8. The average Bonchev–Trinajstić information content (AvgIpc) is 2.41. The Morgan fingerprint density at radius 2 is 1.63 bits per heavy atom. The molecule has 0 spiro atoms. The molecule has 0 aliphatic carbocycles. The molecule has 1 aliphatic rings. The van der Waals surface area contributed by atoms with Gasteiger partial charge < -0.3 is 20.2 Å². The Labute approximate surface area is 115 Å². The third-order valence-electron chi connectivity index (χ3n) is 3.72. The monoisotopic (exact) mass is 273 g/mol. The van der Waals surface area contributed by atoms with Crippen molar-refractivity contribution in [1.29, 1.82) is 0 Å². The molecule has 5 nitrogen and oxygen atoms in total. The summed E-state index contributed by atoms with van der Waals surface area (Å²) in [5, 5.41) is 28.4. The first-order chi connectivity index (χ1) is 9.07. The third-order valence-corrected chi connectivity index (χ3v) is 3.72. The van der Waals surface area contributed by atoms with Crippen LogP contribution in [0.5, 0.6) is 0 Å². The Balaban J connectivity index is 2.17. The maximum Gasteiger partial charge on any atom is 0.254 e. The van der Waals surface area contributed by atoms with Gasteiger partial charge >= 0.3 is 0 Å². The van der Waals surface area contributed by atoms with Crippen LogP contribution >= 0.6 is 0 Å². The molecule has 1 rings (SSSR count). The maximum atomic E-state index is 11.7. The Kier molecular flexibility index (Phi) is 7.34. The van der Waals surface area contributed by atoms with Crippen LogP contribution in [-0.2, 0) is 4.79 Å². The number of rotatable bonds is 8. The number of β-amino-alcohol motifs (C(OH)–C–C–N with tert-alkyl or cyclic N) is 1. The largest absolute Gasteiger partial charge is 0.388 e. The van der Waals surface area contributed by atoms with Crippen molar-refractivity contribution in [2.75, 3.05) is 13.1 Å². The number of hydrogen-bond donors (Lipinski definition) is 3. The fourth-order valence-electron chi connectivity index (χ4n) is 2.43. The lowest BCUT2D eigenvalue weighted by Gasteiger charge is -2.36. The quantitative estimate of drug-likeness (QED) is 0.568. The standard InChI is InChI=1S/C14H27NO4/c1-2-3-4-5-6-7-8-9-15-10-11(16)12(17)13(18)14(15)19/h11-13,16-18H,2-10H2,1H3/t11-,12-,13+/m1/s1. The number of amides is 1. The lowest BCUT2D eigenvalue weighted by molar-refractivity contribution is -0.165. The van der Waals surface area contributed by atoms with E-state index in [1.807, 2.05) is 0 Å². The van der Waals surface area contributed by atoms with Gasteiger partial charge in [0, 0.05) is 13.1 Å². The molecule has 1 amide bonds. The first-order valence-electron chi connectivity index (χ1n) is 7.41. The summed E-state index contributed by atoms with van der Waals surface area (Å²) in [7, 11) is 0. The highest BCUT2D eigenvalue weighted by Gasteiger charge is 2.39. The number of carbonyl (C=O) groups is 1. The summed E-state index contributed by atoms with van der Waals surface area (Å²) >= 11 is 0. The highest BCUT2D eigenvalue weighted by Crippen LogP contribution is 2.15. The molecule has 1 aliphatic heterocycles. The number of piperidine rings is 1. The molecule has 3 atom stereocenters. The van der Waals surface area contributed by atoms with Crippen molar-refractivity contribution in [3.63, 3.8) is 0 Å². The minimum absolute atomic E-state index is 0.118. The topological polar surface area (TPSA) is 81.0 Å². The number of likely N-dealkylation sites (tertiary alicyclic amines) is 1. The van der Waals surface area contributed by atoms with E-state index in [9.17, 15) is 20.1 Å². The van der Waals surface area contributed by atoms with Crippen LogP contribution in [0.15, 0.2) is 0 Å². The number of unbranched alkanes of at least 4 members (excludes halogenated alkanes) is 6. The van der Waals surface area contributed by atoms with Gasteiger partial charge in [-0.25, -0.2) is 0 Å². The molecule has 1 heterocycles. The van der Waals surface area contributed by atoms with E-state index in [0.29, 0.717) is 6.54 Å². The van der Waals surface area contributed by atoms with E-state index in [-0.39, 0.29) is 6.54 Å². The Morgan fingerprint density at radius 3 is 2.26 bits per heavy atom. The molecule has 1 saturated heterocycles. The smallest absolute Gasteiger partial charge is 0.254 e. The predicted molar refractivity (Wildman–Crippen MR) is 72.6 cm³/mol. The number of carbonyl (C=O) groups excluding carboxylic acids is 1. The lowest BCUT2D eigenvalue weighted by atomic mass is 10.0. The van der Waals surface area contributed by atoms with Gasteiger partial charge in [0.05, 0.1) is 0 Å². The van der Waals surface area contributed by atoms with E-state index in [1.54, 1.807) is 0 Å². The van der Waals surface area contributed by atoms with Crippen molar-refractivity contribution >= 4 is 5.91 Å². The molecule has 0 unspecified atom stereocenters. The molecule has 5 heteroatoms. The van der Waals surface area contributed by atoms with E-state index >= 15 is 0 Å². The van der Waals surface area contributed by atoms with Crippen LogP contribution in [0, 0.1) is 0 Å². The molecule has 19 heavy (non-hydrogen) atoms. The van der Waals surface area contributed by atoms with E-state index in [4.69, 9.17) is 0 Å². The highest BCUT2D eigenvalue weighted by atomic mass is 16.4. The molecule has 0 aromatic heterocycles. The second-order valence-electron chi connectivity index (χ2n) is 5.41. The molecular weight excluding hydrogens is 246 g/mol. The molecule has 0 saturated carbocycles. The summed E-state index contributed by atoms with van der Waals surface area (Å²) in [6, 6.07) is 0. The number of aliphatic hydroxyl groups excluding tert-OH is 3. The van der Waals surface area contributed by atoms with Gasteiger partial charge in [0.25, 0.3) is 5.91 Å². The average molecular weight is 273 g/mol. The van der Waals surface area contributed by atoms with Crippen LogP contribution in [0.25, 0.3) is 0 Å². The van der Waals surface area contributed by atoms with Gasteiger partial charge in [0.15, 0.2) is 6.10 Å². The van der Waals surface area contributed by atoms with Crippen molar-refractivity contribution < 1.29 is 20.1 Å². The minimum Gasteiger partial charge on any atom is -0.388 e. The van der Waals surface area contributed by atoms with Crippen molar-refractivity contribution in [1.82, 2.24) is 4.90 Å². The van der Waals surface area contributed by atoms with E-state index in [2.05, 4.69) is 6.92 Å². The zero-order valence-electron chi connectivity index (χ0n) is 11.8. The van der Waals surface area contributed by atoms with Crippen molar-refractivity contribution in [3.8, 4) is 0 Å². The Bertz CT molecular complexity index is 272. The SMILES string of the molecule is CCCCCCCCCN1C[C@@H](O)[C@@H](O)[C@H](O)C1=O. The Hall–Kier alpha value is -0.650. The van der Waals surface area contributed by atoms with Crippen molar-refractivity contribution in [3.05, 3.63) is 0 Å². The zero-order chi connectivity index (χ0) is 14.3. The molecule has 0 aromatic carbocycles. The third kappa shape index (κ3) is 5.09. The number of aliphatic hydroxyl groups is 3. The summed E-state index contributed by atoms with van der Waals surface area (Å²) < 4.78 is 0. The van der Waals surface area contributed by atoms with Gasteiger partial charge in [-0.15, -0.1) is 0 Å². The maximum absolute atomic E-state index is 11.7. The van der Waals surface area contributed by atoms with Crippen LogP contribution in [0.1, 0.15) is 51.9 Å². The van der Waals surface area contributed by atoms with Crippen LogP contribution in [0.2, 0.25) is 0 Å². The second kappa shape index (κ2) is 8.51. The van der Waals surface area contributed by atoms with Gasteiger partial charge in [0.2, 0.25) is 0 Å². The summed E-state index contributed by atoms with van der Waals surface area (Å²) in [4.78, 5) is 13.1. The Morgan fingerprint density at radius 1 is 1.05 bits per heavy atom. The second-order valence-corrected chi connectivity index (χ2v) is 5.41. The molecule has 0 bridgehead atoms. The number of nitrogens with zero attached hydrogens (tertiary/aromatic N) is 1. The van der Waals surface area contributed by atoms with Gasteiger partial charge in [-0.3, -0.25) is 4.79 Å². The molecule has 0 radical (unpaired) electrons. The van der Waals surface area contributed by atoms with Crippen LogP contribution in [0.4, 0.5) is 0 Å². The minimum atomic E-state index is -1.48. The highest BCUT2D eigenvalue weighted by molar-refractivity contribution is 5.82. The summed E-state index contributed by atoms with van der Waals surface area (Å²) in [6.45, 7) is 2.85. The normalized spacial score (nSPS) is 27.9. The van der Waals surface area contributed by atoms with E-state index in [0.717, 1.165) is 19.3 Å². The first kappa shape index (κ1) is 16.4. The molecule has 3 N–H and O–H groups in total. The van der Waals surface area contributed by atoms with Crippen molar-refractivity contribution in [2.24, 2.45) is 0 Å². The molecular formula is C14H27NO4. The van der Waals surface area contributed by atoms with Crippen LogP contribution in [0.3, 0.4) is 0 Å². The van der Waals surface area contributed by atoms with E-state index in [1.165, 1.54) is 30.6 Å².